The van der Waals surface area contributed by atoms with E-state index in [2.05, 4.69) is 19.2 Å². The summed E-state index contributed by atoms with van der Waals surface area (Å²) in [4.78, 5) is 12.0. The third-order valence-corrected chi connectivity index (χ3v) is 5.14. The summed E-state index contributed by atoms with van der Waals surface area (Å²) < 4.78 is 0.0160. The number of hydrogen-bond donors (Lipinski definition) is 3. The number of amides is 1. The lowest BCUT2D eigenvalue weighted by atomic mass is 10.0. The fourth-order valence-electron chi connectivity index (χ4n) is 1.91. The number of benzene rings is 1. The highest BCUT2D eigenvalue weighted by Crippen LogP contribution is 2.31. The van der Waals surface area contributed by atoms with Gasteiger partial charge in [-0.25, -0.2) is 0 Å². The second-order valence-corrected chi connectivity index (χ2v) is 5.72. The zero-order valence-electron chi connectivity index (χ0n) is 11.6. The number of nitrogens with one attached hydrogen (secondary N) is 1. The van der Waals surface area contributed by atoms with Gasteiger partial charge < -0.3 is 15.5 Å². The summed E-state index contributed by atoms with van der Waals surface area (Å²) in [6.45, 7) is 4.73. The van der Waals surface area contributed by atoms with Gasteiger partial charge in [0.15, 0.2) is 11.5 Å². The topological polar surface area (TPSA) is 69.6 Å². The summed E-state index contributed by atoms with van der Waals surface area (Å²) in [6, 6.07) is 4.37. The van der Waals surface area contributed by atoms with Crippen LogP contribution in [0.15, 0.2) is 18.2 Å². The molecule has 19 heavy (non-hydrogen) atoms. The maximum atomic E-state index is 12.0. The number of rotatable bonds is 6. The lowest BCUT2D eigenvalue weighted by Crippen LogP contribution is -2.39. The summed E-state index contributed by atoms with van der Waals surface area (Å²) >= 11 is 1.74. The molecule has 0 saturated heterocycles. The number of phenolic OH excluding ortho intramolecular Hbond substituents is 2. The maximum Gasteiger partial charge on any atom is 0.255 e. The largest absolute Gasteiger partial charge is 0.504 e. The lowest BCUT2D eigenvalue weighted by Gasteiger charge is -2.29. The van der Waals surface area contributed by atoms with E-state index in [1.54, 1.807) is 11.8 Å². The minimum absolute atomic E-state index is 0.0160. The predicted octanol–water partition coefficient (Wildman–Crippen LogP) is 2.75. The average Bonchev–Trinajstić information content (AvgIpc) is 2.44. The third kappa shape index (κ3) is 3.56. The second-order valence-electron chi connectivity index (χ2n) is 4.45. The number of para-hydroxylation sites is 1. The molecule has 0 aliphatic heterocycles. The van der Waals surface area contributed by atoms with Crippen LogP contribution in [0.4, 0.5) is 0 Å². The lowest BCUT2D eigenvalue weighted by molar-refractivity contribution is 0.0945. The normalized spacial score (nSPS) is 11.3. The van der Waals surface area contributed by atoms with Gasteiger partial charge in [-0.15, -0.1) is 0 Å². The first-order valence-electron chi connectivity index (χ1n) is 6.34. The van der Waals surface area contributed by atoms with Crippen molar-refractivity contribution in [3.63, 3.8) is 0 Å². The van der Waals surface area contributed by atoms with E-state index in [0.717, 1.165) is 12.8 Å². The molecule has 3 N–H and O–H groups in total. The highest BCUT2D eigenvalue weighted by Gasteiger charge is 2.26. The van der Waals surface area contributed by atoms with Gasteiger partial charge in [-0.3, -0.25) is 4.79 Å². The van der Waals surface area contributed by atoms with Crippen molar-refractivity contribution < 1.29 is 15.0 Å². The molecule has 0 aliphatic carbocycles. The second kappa shape index (κ2) is 6.70. The zero-order valence-corrected chi connectivity index (χ0v) is 12.4. The van der Waals surface area contributed by atoms with Gasteiger partial charge in [0, 0.05) is 11.3 Å². The molecule has 4 nitrogen and oxygen atoms in total. The van der Waals surface area contributed by atoms with Crippen molar-refractivity contribution in [3.05, 3.63) is 23.8 Å². The molecule has 0 heterocycles. The molecule has 1 aromatic rings. The van der Waals surface area contributed by atoms with Gasteiger partial charge in [-0.05, 0) is 31.2 Å². The van der Waals surface area contributed by atoms with E-state index >= 15 is 0 Å². The summed E-state index contributed by atoms with van der Waals surface area (Å²) in [6.07, 6.45) is 3.94. The minimum Gasteiger partial charge on any atom is -0.504 e. The Hall–Kier alpha value is -1.36. The predicted molar refractivity (Wildman–Crippen MR) is 78.9 cm³/mol. The van der Waals surface area contributed by atoms with Crippen molar-refractivity contribution in [2.45, 2.75) is 31.4 Å². The van der Waals surface area contributed by atoms with E-state index in [0.29, 0.717) is 6.54 Å². The van der Waals surface area contributed by atoms with Crippen molar-refractivity contribution in [1.82, 2.24) is 5.32 Å². The highest BCUT2D eigenvalue weighted by molar-refractivity contribution is 8.00. The van der Waals surface area contributed by atoms with Gasteiger partial charge in [0.05, 0.1) is 5.56 Å². The fourth-order valence-corrected chi connectivity index (χ4v) is 2.71. The first-order chi connectivity index (χ1) is 8.99. The van der Waals surface area contributed by atoms with E-state index in [4.69, 9.17) is 0 Å². The van der Waals surface area contributed by atoms with Crippen molar-refractivity contribution in [2.75, 3.05) is 12.8 Å². The van der Waals surface area contributed by atoms with Crippen LogP contribution in [0, 0.1) is 0 Å². The van der Waals surface area contributed by atoms with Gasteiger partial charge in [0.1, 0.15) is 0 Å². The molecule has 1 aromatic carbocycles. The molecule has 0 saturated carbocycles. The smallest absolute Gasteiger partial charge is 0.255 e. The van der Waals surface area contributed by atoms with Crippen molar-refractivity contribution in [2.24, 2.45) is 0 Å². The van der Waals surface area contributed by atoms with E-state index in [1.165, 1.54) is 18.2 Å². The molecule has 5 heteroatoms. The van der Waals surface area contributed by atoms with E-state index in [-0.39, 0.29) is 27.7 Å². The molecule has 0 radical (unpaired) electrons. The first kappa shape index (κ1) is 15.7. The molecule has 0 unspecified atom stereocenters. The van der Waals surface area contributed by atoms with Crippen LogP contribution >= 0.6 is 11.8 Å². The Labute approximate surface area is 118 Å². The van der Waals surface area contributed by atoms with Gasteiger partial charge >= 0.3 is 0 Å². The minimum atomic E-state index is -0.372. The SMILES string of the molecule is CCC(CC)(CNC(=O)c1cccc(O)c1O)SC. The number of aromatic hydroxyl groups is 2. The summed E-state index contributed by atoms with van der Waals surface area (Å²) in [7, 11) is 0. The van der Waals surface area contributed by atoms with E-state index < -0.39 is 0 Å². The first-order valence-corrected chi connectivity index (χ1v) is 7.56. The molecule has 0 spiro atoms. The van der Waals surface area contributed by atoms with Gasteiger partial charge in [0.2, 0.25) is 0 Å². The average molecular weight is 283 g/mol. The molecular formula is C14H21NO3S. The van der Waals surface area contributed by atoms with Gasteiger partial charge in [-0.1, -0.05) is 19.9 Å². The summed E-state index contributed by atoms with van der Waals surface area (Å²) in [5.41, 5.74) is 0.0993. The molecule has 0 fully saturated rings. The number of phenols is 2. The molecule has 1 rings (SSSR count). The standard InChI is InChI=1S/C14H21NO3S/c1-4-14(5-2,19-3)9-15-13(18)10-7-6-8-11(16)12(10)17/h6-8,16-17H,4-5,9H2,1-3H3,(H,15,18). The Morgan fingerprint density at radius 1 is 1.32 bits per heavy atom. The van der Waals surface area contributed by atoms with Crippen LogP contribution in [-0.4, -0.2) is 33.7 Å². The van der Waals surface area contributed by atoms with Crippen LogP contribution in [0.3, 0.4) is 0 Å². The van der Waals surface area contributed by atoms with Crippen LogP contribution in [0.25, 0.3) is 0 Å². The van der Waals surface area contributed by atoms with Crippen LogP contribution in [-0.2, 0) is 0 Å². The summed E-state index contributed by atoms with van der Waals surface area (Å²) in [5.74, 6) is -1.02. The molecule has 106 valence electrons. The van der Waals surface area contributed by atoms with Crippen molar-refractivity contribution in [1.29, 1.82) is 0 Å². The Bertz CT molecular complexity index is 436. The van der Waals surface area contributed by atoms with Crippen molar-refractivity contribution >= 4 is 17.7 Å². The van der Waals surface area contributed by atoms with Gasteiger partial charge in [0.25, 0.3) is 5.91 Å². The Morgan fingerprint density at radius 3 is 2.47 bits per heavy atom. The van der Waals surface area contributed by atoms with Crippen LogP contribution in [0.2, 0.25) is 0 Å². The van der Waals surface area contributed by atoms with Crippen molar-refractivity contribution in [3.8, 4) is 11.5 Å². The fraction of sp³-hybridized carbons (Fsp3) is 0.500. The van der Waals surface area contributed by atoms with Crippen LogP contribution in [0.5, 0.6) is 11.5 Å². The Kier molecular flexibility index (Phi) is 5.54. The zero-order chi connectivity index (χ0) is 14.5. The monoisotopic (exact) mass is 283 g/mol. The van der Waals surface area contributed by atoms with Crippen LogP contribution < -0.4 is 5.32 Å². The number of carbonyl (C=O) groups is 1. The molecule has 0 bridgehead atoms. The van der Waals surface area contributed by atoms with E-state index in [9.17, 15) is 15.0 Å². The molecular weight excluding hydrogens is 262 g/mol. The van der Waals surface area contributed by atoms with E-state index in [1.807, 2.05) is 6.26 Å². The number of carbonyl (C=O) groups excluding carboxylic acids is 1. The third-order valence-electron chi connectivity index (χ3n) is 3.55. The summed E-state index contributed by atoms with van der Waals surface area (Å²) in [5, 5.41) is 21.9. The van der Waals surface area contributed by atoms with Gasteiger partial charge in [-0.2, -0.15) is 11.8 Å². The highest BCUT2D eigenvalue weighted by atomic mass is 32.2. The van der Waals surface area contributed by atoms with Crippen LogP contribution in [0.1, 0.15) is 37.0 Å². The quantitative estimate of drug-likeness (QED) is 0.702. The number of hydrogen-bond acceptors (Lipinski definition) is 4. The Balaban J connectivity index is 2.78. The molecule has 0 aromatic heterocycles. The maximum absolute atomic E-state index is 12.0. The molecule has 0 aliphatic rings. The molecule has 1 amide bonds. The number of thioether (sulfide) groups is 1. The Morgan fingerprint density at radius 2 is 1.95 bits per heavy atom. The molecule has 0 atom stereocenters.